The van der Waals surface area contributed by atoms with E-state index in [-0.39, 0.29) is 0 Å². The van der Waals surface area contributed by atoms with Gasteiger partial charge in [-0.25, -0.2) is 0 Å². The van der Waals surface area contributed by atoms with Crippen LogP contribution in [-0.2, 0) is 4.79 Å². The normalized spacial score (nSPS) is 31.2. The zero-order valence-electron chi connectivity index (χ0n) is 9.99. The van der Waals surface area contributed by atoms with Gasteiger partial charge in [0.05, 0.1) is 0 Å². The molecule has 2 unspecified atom stereocenters. The summed E-state index contributed by atoms with van der Waals surface area (Å²) in [5.74, 6) is 1.39. The minimum atomic E-state index is 0.350. The Labute approximate surface area is 106 Å². The molecular formula is C12H21BrN2O. The van der Waals surface area contributed by atoms with Gasteiger partial charge in [0.25, 0.3) is 0 Å². The summed E-state index contributed by atoms with van der Waals surface area (Å²) < 4.78 is 0. The number of hydrogen-bond acceptors (Lipinski definition) is 2. The van der Waals surface area contributed by atoms with E-state index in [2.05, 4.69) is 32.7 Å². The molecule has 2 atom stereocenters. The lowest BCUT2D eigenvalue weighted by atomic mass is 10.3. The SMILES string of the molecule is CC1CC1C(=O)N1CCCN(CCBr)CC1. The molecule has 0 aromatic rings. The van der Waals surface area contributed by atoms with Crippen LogP contribution in [0.2, 0.25) is 0 Å². The molecule has 0 radical (unpaired) electrons. The molecule has 1 aliphatic carbocycles. The monoisotopic (exact) mass is 288 g/mol. The molecule has 1 saturated heterocycles. The maximum atomic E-state index is 12.1. The van der Waals surface area contributed by atoms with E-state index in [1.54, 1.807) is 0 Å². The van der Waals surface area contributed by atoms with Gasteiger partial charge in [-0.15, -0.1) is 0 Å². The highest BCUT2D eigenvalue weighted by atomic mass is 79.9. The van der Waals surface area contributed by atoms with Gasteiger partial charge >= 0.3 is 0 Å². The van der Waals surface area contributed by atoms with Gasteiger partial charge in [0.15, 0.2) is 0 Å². The van der Waals surface area contributed by atoms with E-state index < -0.39 is 0 Å². The maximum Gasteiger partial charge on any atom is 0.226 e. The number of carbonyl (C=O) groups is 1. The minimum absolute atomic E-state index is 0.350. The summed E-state index contributed by atoms with van der Waals surface area (Å²) >= 11 is 3.47. The third-order valence-electron chi connectivity index (χ3n) is 3.73. The van der Waals surface area contributed by atoms with Crippen LogP contribution in [0, 0.1) is 11.8 Å². The van der Waals surface area contributed by atoms with E-state index in [4.69, 9.17) is 0 Å². The average Bonchev–Trinajstić information content (AvgIpc) is 3.01. The van der Waals surface area contributed by atoms with Crippen molar-refractivity contribution in [2.75, 3.05) is 38.1 Å². The van der Waals surface area contributed by atoms with Gasteiger partial charge in [-0.1, -0.05) is 22.9 Å². The summed E-state index contributed by atoms with van der Waals surface area (Å²) in [6.07, 6.45) is 2.24. The van der Waals surface area contributed by atoms with Crippen molar-refractivity contribution in [2.24, 2.45) is 11.8 Å². The first-order valence-corrected chi connectivity index (χ1v) is 7.41. The highest BCUT2D eigenvalue weighted by molar-refractivity contribution is 9.09. The van der Waals surface area contributed by atoms with Gasteiger partial charge in [0.2, 0.25) is 5.91 Å². The molecular weight excluding hydrogens is 268 g/mol. The zero-order valence-corrected chi connectivity index (χ0v) is 11.6. The fraction of sp³-hybridized carbons (Fsp3) is 0.917. The highest BCUT2D eigenvalue weighted by Crippen LogP contribution is 2.39. The van der Waals surface area contributed by atoms with Crippen molar-refractivity contribution in [3.05, 3.63) is 0 Å². The molecule has 1 aliphatic heterocycles. The predicted molar refractivity (Wildman–Crippen MR) is 68.7 cm³/mol. The first-order valence-electron chi connectivity index (χ1n) is 6.29. The topological polar surface area (TPSA) is 23.6 Å². The third-order valence-corrected chi connectivity index (χ3v) is 4.08. The second-order valence-corrected chi connectivity index (χ2v) is 5.82. The second kappa shape index (κ2) is 5.50. The van der Waals surface area contributed by atoms with E-state index in [0.29, 0.717) is 17.7 Å². The Morgan fingerprint density at radius 2 is 2.06 bits per heavy atom. The van der Waals surface area contributed by atoms with E-state index in [0.717, 1.165) is 50.9 Å². The first kappa shape index (κ1) is 12.4. The number of hydrogen-bond donors (Lipinski definition) is 0. The van der Waals surface area contributed by atoms with E-state index in [1.165, 1.54) is 0 Å². The Kier molecular flexibility index (Phi) is 4.25. The van der Waals surface area contributed by atoms with Crippen molar-refractivity contribution in [3.8, 4) is 0 Å². The summed E-state index contributed by atoms with van der Waals surface area (Å²) in [5.41, 5.74) is 0. The summed E-state index contributed by atoms with van der Waals surface area (Å²) in [7, 11) is 0. The van der Waals surface area contributed by atoms with Crippen LogP contribution in [0.25, 0.3) is 0 Å². The molecule has 0 spiro atoms. The van der Waals surface area contributed by atoms with Crippen LogP contribution in [0.3, 0.4) is 0 Å². The molecule has 3 nitrogen and oxygen atoms in total. The van der Waals surface area contributed by atoms with Crippen LogP contribution in [0.5, 0.6) is 0 Å². The number of halogens is 1. The summed E-state index contributed by atoms with van der Waals surface area (Å²) in [6.45, 7) is 7.34. The van der Waals surface area contributed by atoms with Crippen molar-refractivity contribution in [1.29, 1.82) is 0 Å². The van der Waals surface area contributed by atoms with Gasteiger partial charge < -0.3 is 9.80 Å². The zero-order chi connectivity index (χ0) is 11.5. The maximum absolute atomic E-state index is 12.1. The Morgan fingerprint density at radius 3 is 2.69 bits per heavy atom. The molecule has 1 amide bonds. The van der Waals surface area contributed by atoms with Crippen LogP contribution < -0.4 is 0 Å². The Hall–Kier alpha value is -0.0900. The van der Waals surface area contributed by atoms with Gasteiger partial charge in [-0.3, -0.25) is 4.79 Å². The van der Waals surface area contributed by atoms with Crippen LogP contribution in [0.15, 0.2) is 0 Å². The summed E-state index contributed by atoms with van der Waals surface area (Å²) in [5, 5.41) is 1.03. The molecule has 2 rings (SSSR count). The van der Waals surface area contributed by atoms with Crippen LogP contribution in [0.1, 0.15) is 19.8 Å². The molecule has 0 aromatic heterocycles. The first-order chi connectivity index (χ1) is 7.72. The van der Waals surface area contributed by atoms with Gasteiger partial charge in [-0.05, 0) is 25.3 Å². The largest absolute Gasteiger partial charge is 0.341 e. The minimum Gasteiger partial charge on any atom is -0.341 e. The fourth-order valence-corrected chi connectivity index (χ4v) is 2.94. The van der Waals surface area contributed by atoms with Crippen molar-refractivity contribution in [1.82, 2.24) is 9.80 Å². The van der Waals surface area contributed by atoms with E-state index >= 15 is 0 Å². The molecule has 2 aliphatic rings. The van der Waals surface area contributed by atoms with Crippen LogP contribution >= 0.6 is 15.9 Å². The number of nitrogens with zero attached hydrogens (tertiary/aromatic N) is 2. The molecule has 16 heavy (non-hydrogen) atoms. The molecule has 0 aromatic carbocycles. The molecule has 1 heterocycles. The van der Waals surface area contributed by atoms with Crippen molar-refractivity contribution < 1.29 is 4.79 Å². The van der Waals surface area contributed by atoms with Crippen molar-refractivity contribution >= 4 is 21.8 Å². The summed E-state index contributed by atoms with van der Waals surface area (Å²) in [6, 6.07) is 0. The standard InChI is InChI=1S/C12H21BrN2O/c1-10-9-11(10)12(16)15-5-2-4-14(6-3-13)7-8-15/h10-11H,2-9H2,1H3. The molecule has 4 heteroatoms. The summed E-state index contributed by atoms with van der Waals surface area (Å²) in [4.78, 5) is 16.6. The lowest BCUT2D eigenvalue weighted by molar-refractivity contribution is -0.132. The second-order valence-electron chi connectivity index (χ2n) is 5.03. The molecule has 92 valence electrons. The lowest BCUT2D eigenvalue weighted by Gasteiger charge is -2.21. The molecule has 1 saturated carbocycles. The van der Waals surface area contributed by atoms with Gasteiger partial charge in [-0.2, -0.15) is 0 Å². The molecule has 0 N–H and O–H groups in total. The highest BCUT2D eigenvalue weighted by Gasteiger charge is 2.41. The number of carbonyl (C=O) groups excluding carboxylic acids is 1. The number of amides is 1. The average molecular weight is 289 g/mol. The van der Waals surface area contributed by atoms with Crippen LogP contribution in [-0.4, -0.2) is 53.8 Å². The Morgan fingerprint density at radius 1 is 1.31 bits per heavy atom. The third kappa shape index (κ3) is 2.98. The number of rotatable bonds is 3. The predicted octanol–water partition coefficient (Wildman–Crippen LogP) is 1.57. The van der Waals surface area contributed by atoms with Crippen LogP contribution in [0.4, 0.5) is 0 Å². The van der Waals surface area contributed by atoms with Gasteiger partial charge in [0, 0.05) is 37.4 Å². The number of alkyl halides is 1. The smallest absolute Gasteiger partial charge is 0.226 e. The van der Waals surface area contributed by atoms with Crippen molar-refractivity contribution in [2.45, 2.75) is 19.8 Å². The Balaban J connectivity index is 1.81. The van der Waals surface area contributed by atoms with E-state index in [9.17, 15) is 4.79 Å². The quantitative estimate of drug-likeness (QED) is 0.736. The Bertz CT molecular complexity index is 259. The van der Waals surface area contributed by atoms with Gasteiger partial charge in [0.1, 0.15) is 0 Å². The molecule has 0 bridgehead atoms. The lowest BCUT2D eigenvalue weighted by Crippen LogP contribution is -2.36. The van der Waals surface area contributed by atoms with E-state index in [1.807, 2.05) is 0 Å². The fourth-order valence-electron chi connectivity index (χ4n) is 2.44. The molecule has 2 fully saturated rings. The van der Waals surface area contributed by atoms with Crippen molar-refractivity contribution in [3.63, 3.8) is 0 Å².